The van der Waals surface area contributed by atoms with E-state index in [1.165, 1.54) is 19.2 Å². The monoisotopic (exact) mass is 384 g/mol. The van der Waals surface area contributed by atoms with Crippen molar-refractivity contribution in [3.63, 3.8) is 0 Å². The van der Waals surface area contributed by atoms with Gasteiger partial charge in [-0.1, -0.05) is 0 Å². The predicted octanol–water partition coefficient (Wildman–Crippen LogP) is 2.95. The summed E-state index contributed by atoms with van der Waals surface area (Å²) in [5.74, 6) is -0.232. The highest BCUT2D eigenvalue weighted by molar-refractivity contribution is 5.93. The van der Waals surface area contributed by atoms with Gasteiger partial charge < -0.3 is 19.0 Å². The second-order valence-corrected chi connectivity index (χ2v) is 5.66. The number of ether oxygens (including phenoxy) is 2. The molecule has 1 amide bonds. The van der Waals surface area contributed by atoms with Gasteiger partial charge in [0, 0.05) is 12.6 Å². The summed E-state index contributed by atoms with van der Waals surface area (Å²) >= 11 is 0. The van der Waals surface area contributed by atoms with Crippen molar-refractivity contribution in [3.05, 3.63) is 47.9 Å². The number of furan rings is 1. The number of hydrazone groups is 1. The van der Waals surface area contributed by atoms with E-state index in [-0.39, 0.29) is 17.4 Å². The van der Waals surface area contributed by atoms with Crippen molar-refractivity contribution >= 4 is 12.1 Å². The van der Waals surface area contributed by atoms with Crippen molar-refractivity contribution in [3.8, 4) is 11.5 Å². The van der Waals surface area contributed by atoms with Gasteiger partial charge in [-0.05, 0) is 36.4 Å². The molecule has 2 heterocycles. The lowest BCUT2D eigenvalue weighted by Gasteiger charge is -2.31. The van der Waals surface area contributed by atoms with E-state index in [9.17, 15) is 23.1 Å². The molecule has 1 aromatic heterocycles. The molecule has 0 fully saturated rings. The fourth-order valence-electron chi connectivity index (χ4n) is 2.39. The van der Waals surface area contributed by atoms with Crippen LogP contribution < -0.4 is 9.47 Å². The van der Waals surface area contributed by atoms with Crippen LogP contribution in [0.1, 0.15) is 22.7 Å². The summed E-state index contributed by atoms with van der Waals surface area (Å²) in [6.07, 6.45) is -5.09. The Kier molecular flexibility index (Phi) is 4.83. The molecular formula is C17H15F3N2O5. The fraction of sp³-hybridized carbons (Fsp3) is 0.294. The van der Waals surface area contributed by atoms with Crippen LogP contribution in [-0.4, -0.2) is 41.2 Å². The lowest BCUT2D eigenvalue weighted by Crippen LogP contribution is -2.56. The Morgan fingerprint density at radius 1 is 1.26 bits per heavy atom. The number of carbonyl (C=O) groups excluding carboxylic acids is 1. The van der Waals surface area contributed by atoms with Crippen molar-refractivity contribution in [1.29, 1.82) is 0 Å². The van der Waals surface area contributed by atoms with Crippen LogP contribution in [0.2, 0.25) is 0 Å². The maximum atomic E-state index is 13.1. The molecule has 10 heteroatoms. The lowest BCUT2D eigenvalue weighted by molar-refractivity contribution is -0.297. The maximum absolute atomic E-state index is 13.1. The van der Waals surface area contributed by atoms with Crippen LogP contribution in [0.4, 0.5) is 13.2 Å². The molecule has 2 aromatic rings. The van der Waals surface area contributed by atoms with Crippen molar-refractivity contribution in [2.24, 2.45) is 5.10 Å². The van der Waals surface area contributed by atoms with E-state index in [1.54, 1.807) is 24.3 Å². The van der Waals surface area contributed by atoms with Crippen LogP contribution in [0.25, 0.3) is 0 Å². The zero-order valence-corrected chi connectivity index (χ0v) is 14.1. The summed E-state index contributed by atoms with van der Waals surface area (Å²) in [6.45, 7) is -0.0492. The number of carbonyl (C=O) groups is 1. The first-order valence-electron chi connectivity index (χ1n) is 7.76. The van der Waals surface area contributed by atoms with Gasteiger partial charge in [-0.25, -0.2) is 0 Å². The molecule has 7 nitrogen and oxygen atoms in total. The summed E-state index contributed by atoms with van der Waals surface area (Å²) in [4.78, 5) is 12.3. The summed E-state index contributed by atoms with van der Waals surface area (Å²) in [5, 5.41) is 13.1. The Morgan fingerprint density at radius 2 is 1.93 bits per heavy atom. The summed E-state index contributed by atoms with van der Waals surface area (Å²) < 4.78 is 54.9. The van der Waals surface area contributed by atoms with Gasteiger partial charge in [0.05, 0.1) is 7.11 Å². The van der Waals surface area contributed by atoms with Crippen LogP contribution in [0.5, 0.6) is 11.5 Å². The zero-order chi connectivity index (χ0) is 19.7. The molecular weight excluding hydrogens is 369 g/mol. The average Bonchev–Trinajstić information content (AvgIpc) is 3.27. The molecule has 1 aromatic carbocycles. The van der Waals surface area contributed by atoms with E-state index in [0.29, 0.717) is 11.5 Å². The zero-order valence-electron chi connectivity index (χ0n) is 14.1. The number of nitrogens with zero attached hydrogens (tertiary/aromatic N) is 2. The van der Waals surface area contributed by atoms with Gasteiger partial charge in [-0.3, -0.25) is 4.79 Å². The minimum absolute atomic E-state index is 0.0278. The Labute approximate surface area is 151 Å². The second-order valence-electron chi connectivity index (χ2n) is 5.66. The van der Waals surface area contributed by atoms with Gasteiger partial charge in [-0.2, -0.15) is 23.3 Å². The minimum Gasteiger partial charge on any atom is -0.497 e. The third-order valence-electron chi connectivity index (χ3n) is 3.88. The SMILES string of the molecule is COc1ccc(OCc2ccc(C(=O)N3N=CC[C@@]3(O)C(F)(F)F)o2)cc1. The quantitative estimate of drug-likeness (QED) is 0.857. The summed E-state index contributed by atoms with van der Waals surface area (Å²) in [6, 6.07) is 9.29. The molecule has 0 unspecified atom stereocenters. The third-order valence-corrected chi connectivity index (χ3v) is 3.88. The Morgan fingerprint density at radius 3 is 2.56 bits per heavy atom. The highest BCUT2D eigenvalue weighted by Crippen LogP contribution is 2.39. The van der Waals surface area contributed by atoms with Crippen molar-refractivity contribution < 1.29 is 37.0 Å². The molecule has 1 aliphatic heterocycles. The smallest absolute Gasteiger partial charge is 0.438 e. The number of hydrogen-bond acceptors (Lipinski definition) is 6. The lowest BCUT2D eigenvalue weighted by atomic mass is 10.1. The van der Waals surface area contributed by atoms with E-state index in [4.69, 9.17) is 13.9 Å². The number of alkyl halides is 3. The van der Waals surface area contributed by atoms with Gasteiger partial charge in [0.15, 0.2) is 5.76 Å². The molecule has 0 spiro atoms. The van der Waals surface area contributed by atoms with Gasteiger partial charge >= 0.3 is 12.1 Å². The topological polar surface area (TPSA) is 84.5 Å². The number of amides is 1. The van der Waals surface area contributed by atoms with E-state index < -0.39 is 30.0 Å². The number of methoxy groups -OCH3 is 1. The molecule has 3 rings (SSSR count). The number of halogens is 3. The van der Waals surface area contributed by atoms with Crippen LogP contribution in [0.15, 0.2) is 45.9 Å². The van der Waals surface area contributed by atoms with Crippen LogP contribution in [0, 0.1) is 0 Å². The van der Waals surface area contributed by atoms with Gasteiger partial charge in [0.1, 0.15) is 23.9 Å². The Balaban J connectivity index is 1.68. The molecule has 0 aliphatic carbocycles. The van der Waals surface area contributed by atoms with Crippen molar-refractivity contribution in [2.75, 3.05) is 7.11 Å². The summed E-state index contributed by atoms with van der Waals surface area (Å²) in [5.41, 5.74) is -3.39. The maximum Gasteiger partial charge on any atom is 0.438 e. The molecule has 0 saturated carbocycles. The minimum atomic E-state index is -5.06. The first-order chi connectivity index (χ1) is 12.7. The molecule has 27 heavy (non-hydrogen) atoms. The second kappa shape index (κ2) is 6.95. The molecule has 144 valence electrons. The molecule has 0 radical (unpaired) electrons. The van der Waals surface area contributed by atoms with Crippen LogP contribution >= 0.6 is 0 Å². The van der Waals surface area contributed by atoms with Gasteiger partial charge in [0.2, 0.25) is 0 Å². The summed E-state index contributed by atoms with van der Waals surface area (Å²) in [7, 11) is 1.53. The first-order valence-corrected chi connectivity index (χ1v) is 7.76. The number of aliphatic hydroxyl groups is 1. The predicted molar refractivity (Wildman–Crippen MR) is 86.3 cm³/mol. The van der Waals surface area contributed by atoms with Crippen LogP contribution in [-0.2, 0) is 6.61 Å². The number of benzene rings is 1. The molecule has 1 atom stereocenters. The van der Waals surface area contributed by atoms with E-state index in [0.717, 1.165) is 6.21 Å². The number of hydrogen-bond donors (Lipinski definition) is 1. The highest BCUT2D eigenvalue weighted by Gasteiger charge is 2.61. The third kappa shape index (κ3) is 3.61. The first kappa shape index (κ1) is 18.8. The van der Waals surface area contributed by atoms with Crippen molar-refractivity contribution in [1.82, 2.24) is 5.01 Å². The molecule has 0 saturated heterocycles. The number of rotatable bonds is 5. The van der Waals surface area contributed by atoms with E-state index in [2.05, 4.69) is 5.10 Å². The fourth-order valence-corrected chi connectivity index (χ4v) is 2.39. The molecule has 0 bridgehead atoms. The largest absolute Gasteiger partial charge is 0.497 e. The van der Waals surface area contributed by atoms with Crippen molar-refractivity contribution in [2.45, 2.75) is 24.9 Å². The Bertz CT molecular complexity index is 847. The van der Waals surface area contributed by atoms with E-state index in [1.807, 2.05) is 0 Å². The normalized spacial score (nSPS) is 19.4. The van der Waals surface area contributed by atoms with Gasteiger partial charge in [-0.15, -0.1) is 0 Å². The standard InChI is InChI=1S/C17H15F3N2O5/c1-25-11-2-4-12(5-3-11)26-10-13-6-7-14(27-13)15(23)22-16(24,8-9-21-22)17(18,19)20/h2-7,9,24H,8,10H2,1H3/t16-/m1/s1. The average molecular weight is 384 g/mol. The van der Waals surface area contributed by atoms with Gasteiger partial charge in [0.25, 0.3) is 5.72 Å². The Hall–Kier alpha value is -3.01. The van der Waals surface area contributed by atoms with E-state index >= 15 is 0 Å². The highest BCUT2D eigenvalue weighted by atomic mass is 19.4. The van der Waals surface area contributed by atoms with Crippen LogP contribution in [0.3, 0.4) is 0 Å². The molecule has 1 N–H and O–H groups in total. The molecule has 1 aliphatic rings.